The second-order valence-electron chi connectivity index (χ2n) is 10.6. The van der Waals surface area contributed by atoms with Crippen LogP contribution in [0.15, 0.2) is 48.7 Å². The van der Waals surface area contributed by atoms with Crippen molar-refractivity contribution in [1.29, 1.82) is 0 Å². The maximum absolute atomic E-state index is 13.2. The van der Waals surface area contributed by atoms with E-state index in [2.05, 4.69) is 31.0 Å². The number of aromatic nitrogens is 2. The normalized spacial score (nSPS) is 25.4. The van der Waals surface area contributed by atoms with E-state index in [1.807, 2.05) is 52.8 Å². The number of aryl methyl sites for hydroxylation is 1. The number of benzene rings is 1. The molecular formula is C27H31N3O3. The minimum absolute atomic E-state index is 0.0258. The largest absolute Gasteiger partial charge is 0.487 e. The first kappa shape index (κ1) is 20.7. The van der Waals surface area contributed by atoms with Crippen molar-refractivity contribution in [2.24, 2.45) is 11.3 Å². The van der Waals surface area contributed by atoms with E-state index in [1.54, 1.807) is 0 Å². The Morgan fingerprint density at radius 3 is 2.67 bits per heavy atom. The third-order valence-electron chi connectivity index (χ3n) is 8.11. The lowest BCUT2D eigenvalue weighted by molar-refractivity contribution is -0.173. The number of para-hydroxylation sites is 1. The Bertz CT molecular complexity index is 1220. The fourth-order valence-electron chi connectivity index (χ4n) is 6.05. The molecule has 1 amide bonds. The summed E-state index contributed by atoms with van der Waals surface area (Å²) in [6.45, 7) is 8.63. The number of hydrogen-bond donors (Lipinski definition) is 0. The first-order chi connectivity index (χ1) is 15.9. The van der Waals surface area contributed by atoms with Gasteiger partial charge in [-0.25, -0.2) is 4.98 Å². The highest BCUT2D eigenvalue weighted by molar-refractivity contribution is 5.93. The van der Waals surface area contributed by atoms with E-state index in [0.29, 0.717) is 11.6 Å². The van der Waals surface area contributed by atoms with Crippen LogP contribution < -0.4 is 4.74 Å². The number of nitrogens with zero attached hydrogens (tertiary/aromatic N) is 3. The van der Waals surface area contributed by atoms with E-state index in [1.165, 1.54) is 5.56 Å². The zero-order valence-electron chi connectivity index (χ0n) is 19.6. The van der Waals surface area contributed by atoms with Gasteiger partial charge in [0.25, 0.3) is 5.91 Å². The number of hydrogen-bond acceptors (Lipinski definition) is 4. The molecule has 172 valence electrons. The summed E-state index contributed by atoms with van der Waals surface area (Å²) < 4.78 is 15.0. The van der Waals surface area contributed by atoms with Crippen LogP contribution in [-0.2, 0) is 4.74 Å². The summed E-state index contributed by atoms with van der Waals surface area (Å²) in [6, 6.07) is 14.2. The number of carbonyl (C=O) groups excluding carboxylic acids is 1. The highest BCUT2D eigenvalue weighted by Crippen LogP contribution is 2.55. The molecule has 6 heteroatoms. The third-order valence-corrected chi connectivity index (χ3v) is 8.11. The van der Waals surface area contributed by atoms with Gasteiger partial charge in [0.15, 0.2) is 0 Å². The molecule has 6 rings (SSSR count). The first-order valence-electron chi connectivity index (χ1n) is 12.0. The van der Waals surface area contributed by atoms with Crippen molar-refractivity contribution in [3.05, 3.63) is 65.6 Å². The van der Waals surface area contributed by atoms with E-state index in [0.717, 1.165) is 56.0 Å². The summed E-state index contributed by atoms with van der Waals surface area (Å²) in [5, 5.41) is 0. The van der Waals surface area contributed by atoms with Crippen molar-refractivity contribution in [1.82, 2.24) is 14.3 Å². The van der Waals surface area contributed by atoms with Gasteiger partial charge in [-0.2, -0.15) is 0 Å². The summed E-state index contributed by atoms with van der Waals surface area (Å²) in [6.07, 6.45) is 4.91. The maximum atomic E-state index is 13.2. The average molecular weight is 446 g/mol. The highest BCUT2D eigenvalue weighted by Gasteiger charge is 2.52. The summed E-state index contributed by atoms with van der Waals surface area (Å²) in [4.78, 5) is 19.8. The van der Waals surface area contributed by atoms with Gasteiger partial charge in [0.05, 0.1) is 12.7 Å². The predicted octanol–water partition coefficient (Wildman–Crippen LogP) is 4.81. The molecule has 0 unspecified atom stereocenters. The van der Waals surface area contributed by atoms with Crippen LogP contribution in [0.25, 0.3) is 5.65 Å². The molecule has 3 aliphatic rings. The number of likely N-dealkylation sites (tertiary alicyclic amines) is 1. The van der Waals surface area contributed by atoms with Crippen LogP contribution in [0, 0.1) is 18.3 Å². The second-order valence-corrected chi connectivity index (χ2v) is 10.6. The van der Waals surface area contributed by atoms with Gasteiger partial charge in [-0.3, -0.25) is 4.79 Å². The molecule has 33 heavy (non-hydrogen) atoms. The number of rotatable bonds is 1. The summed E-state index contributed by atoms with van der Waals surface area (Å²) in [7, 11) is 0. The van der Waals surface area contributed by atoms with Crippen LogP contribution in [0.1, 0.15) is 61.0 Å². The van der Waals surface area contributed by atoms with Gasteiger partial charge < -0.3 is 18.8 Å². The van der Waals surface area contributed by atoms with Gasteiger partial charge in [0, 0.05) is 36.5 Å². The lowest BCUT2D eigenvalue weighted by Crippen LogP contribution is -2.54. The topological polar surface area (TPSA) is 56.1 Å². The number of carbonyl (C=O) groups is 1. The van der Waals surface area contributed by atoms with Crippen LogP contribution in [0.5, 0.6) is 5.75 Å². The Labute approximate surface area is 194 Å². The smallest absolute Gasteiger partial charge is 0.274 e. The first-order valence-corrected chi connectivity index (χ1v) is 12.0. The zero-order chi connectivity index (χ0) is 22.8. The van der Waals surface area contributed by atoms with Crippen molar-refractivity contribution in [3.8, 4) is 5.75 Å². The van der Waals surface area contributed by atoms with Gasteiger partial charge in [0.1, 0.15) is 22.7 Å². The van der Waals surface area contributed by atoms with E-state index >= 15 is 0 Å². The molecule has 2 fully saturated rings. The molecule has 0 N–H and O–H groups in total. The number of pyridine rings is 1. The number of piperidine rings is 1. The van der Waals surface area contributed by atoms with E-state index in [9.17, 15) is 4.79 Å². The van der Waals surface area contributed by atoms with Crippen molar-refractivity contribution >= 4 is 11.6 Å². The molecule has 1 spiro atoms. The quantitative estimate of drug-likeness (QED) is 0.539. The van der Waals surface area contributed by atoms with Gasteiger partial charge >= 0.3 is 0 Å². The standard InChI is InChI=1S/C27H31N3O3/c1-18-7-6-10-23-28-21(16-30(18)23)25(31)29-13-11-27(12-14-29)15-20-24(32-17-27)19-8-4-5-9-22(19)33-26(20,2)3/h4-10,16,20,24H,11-15,17H2,1-3H3/t20-,24+/m0/s1. The maximum Gasteiger partial charge on any atom is 0.274 e. The molecule has 0 saturated carbocycles. The van der Waals surface area contributed by atoms with Crippen LogP contribution >= 0.6 is 0 Å². The SMILES string of the molecule is Cc1cccc2nc(C(=O)N3CCC4(CC3)CO[C@@H]3c5ccccc5OC(C)(C)[C@H]3C4)cn12. The molecule has 2 atom stereocenters. The van der Waals surface area contributed by atoms with Gasteiger partial charge in [-0.05, 0) is 63.6 Å². The summed E-state index contributed by atoms with van der Waals surface area (Å²) in [5.41, 5.74) is 3.40. The minimum Gasteiger partial charge on any atom is -0.487 e. The molecule has 3 aliphatic heterocycles. The Morgan fingerprint density at radius 1 is 1.09 bits per heavy atom. The molecule has 2 saturated heterocycles. The monoisotopic (exact) mass is 445 g/mol. The van der Waals surface area contributed by atoms with Gasteiger partial charge in [-0.15, -0.1) is 0 Å². The molecule has 3 aromatic rings. The Balaban J connectivity index is 1.18. The average Bonchev–Trinajstić information content (AvgIpc) is 3.25. The van der Waals surface area contributed by atoms with Crippen LogP contribution in [0.4, 0.5) is 0 Å². The van der Waals surface area contributed by atoms with E-state index in [4.69, 9.17) is 9.47 Å². The lowest BCUT2D eigenvalue weighted by atomic mass is 9.64. The van der Waals surface area contributed by atoms with Gasteiger partial charge in [-0.1, -0.05) is 24.3 Å². The zero-order valence-corrected chi connectivity index (χ0v) is 19.6. The minimum atomic E-state index is -0.284. The van der Waals surface area contributed by atoms with E-state index in [-0.39, 0.29) is 23.0 Å². The fourth-order valence-corrected chi connectivity index (χ4v) is 6.05. The molecule has 0 bridgehead atoms. The summed E-state index contributed by atoms with van der Waals surface area (Å²) >= 11 is 0. The van der Waals surface area contributed by atoms with Crippen LogP contribution in [0.3, 0.4) is 0 Å². The third kappa shape index (κ3) is 3.34. The highest BCUT2D eigenvalue weighted by atomic mass is 16.5. The number of imidazole rings is 1. The molecule has 6 nitrogen and oxygen atoms in total. The molecule has 5 heterocycles. The van der Waals surface area contributed by atoms with Crippen LogP contribution in [0.2, 0.25) is 0 Å². The number of amides is 1. The molecule has 0 aliphatic carbocycles. The molecule has 2 aromatic heterocycles. The number of ether oxygens (including phenoxy) is 2. The van der Waals surface area contributed by atoms with Crippen molar-refractivity contribution in [3.63, 3.8) is 0 Å². The van der Waals surface area contributed by atoms with Crippen molar-refractivity contribution in [2.75, 3.05) is 19.7 Å². The molecule has 0 radical (unpaired) electrons. The van der Waals surface area contributed by atoms with Crippen molar-refractivity contribution < 1.29 is 14.3 Å². The Kier molecular flexibility index (Phi) is 4.60. The lowest BCUT2D eigenvalue weighted by Gasteiger charge is -2.54. The number of fused-ring (bicyclic) bond motifs is 4. The fraction of sp³-hybridized carbons (Fsp3) is 0.481. The predicted molar refractivity (Wildman–Crippen MR) is 125 cm³/mol. The second kappa shape index (κ2) is 7.32. The molecular weight excluding hydrogens is 414 g/mol. The molecule has 1 aromatic carbocycles. The summed E-state index contributed by atoms with van der Waals surface area (Å²) in [5.74, 6) is 1.27. The van der Waals surface area contributed by atoms with Crippen molar-refractivity contribution in [2.45, 2.75) is 51.7 Å². The Hall–Kier alpha value is -2.86. The van der Waals surface area contributed by atoms with Crippen LogP contribution in [-0.4, -0.2) is 45.5 Å². The van der Waals surface area contributed by atoms with E-state index < -0.39 is 0 Å². The Morgan fingerprint density at radius 2 is 1.88 bits per heavy atom. The van der Waals surface area contributed by atoms with Gasteiger partial charge in [0.2, 0.25) is 0 Å².